The average Bonchev–Trinajstić information content (AvgIpc) is 2.83. The van der Waals surface area contributed by atoms with Gasteiger partial charge < -0.3 is 5.32 Å². The molecule has 0 amide bonds. The molecule has 1 saturated heterocycles. The van der Waals surface area contributed by atoms with Gasteiger partial charge in [0.15, 0.2) is 0 Å². The van der Waals surface area contributed by atoms with Gasteiger partial charge in [-0.3, -0.25) is 4.90 Å². The van der Waals surface area contributed by atoms with Gasteiger partial charge in [-0.25, -0.2) is 0 Å². The number of piperazine rings is 1. The Kier molecular flexibility index (Phi) is 5.30. The largest absolute Gasteiger partial charge is 0.308 e. The van der Waals surface area contributed by atoms with Crippen LogP contribution in [0.2, 0.25) is 0 Å². The SMILES string of the molecule is CCCCC(C)N1CC2(CCCC2)NCC1C(C)C. The number of rotatable bonds is 5. The lowest BCUT2D eigenvalue weighted by molar-refractivity contribution is 0.0241. The van der Waals surface area contributed by atoms with E-state index < -0.39 is 0 Å². The molecule has 0 radical (unpaired) electrons. The molecule has 112 valence electrons. The van der Waals surface area contributed by atoms with Gasteiger partial charge in [0.05, 0.1) is 0 Å². The van der Waals surface area contributed by atoms with Crippen LogP contribution in [0.15, 0.2) is 0 Å². The molecule has 2 aliphatic rings. The average molecular weight is 266 g/mol. The summed E-state index contributed by atoms with van der Waals surface area (Å²) < 4.78 is 0. The van der Waals surface area contributed by atoms with Gasteiger partial charge in [0, 0.05) is 30.7 Å². The molecule has 2 nitrogen and oxygen atoms in total. The summed E-state index contributed by atoms with van der Waals surface area (Å²) in [5.74, 6) is 0.760. The highest BCUT2D eigenvalue weighted by Crippen LogP contribution is 2.35. The molecule has 1 saturated carbocycles. The number of hydrogen-bond donors (Lipinski definition) is 1. The third-order valence-corrected chi connectivity index (χ3v) is 5.47. The Bertz CT molecular complexity index is 268. The monoisotopic (exact) mass is 266 g/mol. The molecule has 2 fully saturated rings. The van der Waals surface area contributed by atoms with E-state index in [1.165, 1.54) is 58.0 Å². The highest BCUT2D eigenvalue weighted by atomic mass is 15.3. The minimum absolute atomic E-state index is 0.464. The summed E-state index contributed by atoms with van der Waals surface area (Å²) >= 11 is 0. The third-order valence-electron chi connectivity index (χ3n) is 5.47. The first kappa shape index (κ1) is 15.3. The molecule has 1 aliphatic carbocycles. The summed E-state index contributed by atoms with van der Waals surface area (Å²) in [5, 5.41) is 3.93. The number of hydrogen-bond acceptors (Lipinski definition) is 2. The van der Waals surface area contributed by atoms with Crippen LogP contribution >= 0.6 is 0 Å². The number of nitrogens with zero attached hydrogens (tertiary/aromatic N) is 1. The molecular formula is C17H34N2. The van der Waals surface area contributed by atoms with Crippen molar-refractivity contribution in [2.45, 2.75) is 90.3 Å². The lowest BCUT2D eigenvalue weighted by Crippen LogP contribution is -2.66. The first-order valence-electron chi connectivity index (χ1n) is 8.59. The van der Waals surface area contributed by atoms with E-state index in [0.717, 1.165) is 18.0 Å². The van der Waals surface area contributed by atoms with Gasteiger partial charge in [0.1, 0.15) is 0 Å². The Morgan fingerprint density at radius 2 is 1.89 bits per heavy atom. The second-order valence-electron chi connectivity index (χ2n) is 7.34. The third kappa shape index (κ3) is 3.52. The van der Waals surface area contributed by atoms with Gasteiger partial charge in [0.2, 0.25) is 0 Å². The molecule has 1 aliphatic heterocycles. The molecule has 2 unspecified atom stereocenters. The molecule has 1 heterocycles. The first-order valence-corrected chi connectivity index (χ1v) is 8.59. The minimum atomic E-state index is 0.464. The Morgan fingerprint density at radius 3 is 2.47 bits per heavy atom. The van der Waals surface area contributed by atoms with Crippen molar-refractivity contribution >= 4 is 0 Å². The minimum Gasteiger partial charge on any atom is -0.308 e. The van der Waals surface area contributed by atoms with E-state index in [1.807, 2.05) is 0 Å². The van der Waals surface area contributed by atoms with Crippen LogP contribution in [0.1, 0.15) is 72.6 Å². The van der Waals surface area contributed by atoms with Crippen molar-refractivity contribution in [3.63, 3.8) is 0 Å². The standard InChI is InChI=1S/C17H34N2/c1-5-6-9-15(4)19-13-17(10-7-8-11-17)18-12-16(19)14(2)3/h14-16,18H,5-13H2,1-4H3. The van der Waals surface area contributed by atoms with Crippen LogP contribution in [-0.4, -0.2) is 35.6 Å². The van der Waals surface area contributed by atoms with Crippen LogP contribution in [0.25, 0.3) is 0 Å². The van der Waals surface area contributed by atoms with Crippen molar-refractivity contribution < 1.29 is 0 Å². The topological polar surface area (TPSA) is 15.3 Å². The quantitative estimate of drug-likeness (QED) is 0.814. The Labute approximate surface area is 120 Å². The normalized spacial score (nSPS) is 29.2. The maximum Gasteiger partial charge on any atom is 0.0309 e. The van der Waals surface area contributed by atoms with Gasteiger partial charge in [-0.15, -0.1) is 0 Å². The van der Waals surface area contributed by atoms with Crippen LogP contribution < -0.4 is 5.32 Å². The zero-order valence-corrected chi connectivity index (χ0v) is 13.5. The Balaban J connectivity index is 2.03. The summed E-state index contributed by atoms with van der Waals surface area (Å²) in [4.78, 5) is 2.85. The zero-order chi connectivity index (χ0) is 13.9. The molecule has 0 aromatic heterocycles. The van der Waals surface area contributed by atoms with Crippen LogP contribution in [0.5, 0.6) is 0 Å². The van der Waals surface area contributed by atoms with Crippen molar-refractivity contribution in [2.24, 2.45) is 5.92 Å². The van der Waals surface area contributed by atoms with E-state index in [2.05, 4.69) is 37.9 Å². The number of unbranched alkanes of at least 4 members (excludes halogenated alkanes) is 1. The van der Waals surface area contributed by atoms with E-state index >= 15 is 0 Å². The predicted octanol–water partition coefficient (Wildman–Crippen LogP) is 3.81. The van der Waals surface area contributed by atoms with Crippen LogP contribution in [0.3, 0.4) is 0 Å². The molecule has 0 aromatic rings. The van der Waals surface area contributed by atoms with Crippen molar-refractivity contribution in [2.75, 3.05) is 13.1 Å². The van der Waals surface area contributed by atoms with Gasteiger partial charge in [-0.2, -0.15) is 0 Å². The van der Waals surface area contributed by atoms with E-state index in [1.54, 1.807) is 0 Å². The summed E-state index contributed by atoms with van der Waals surface area (Å²) in [7, 11) is 0. The van der Waals surface area contributed by atoms with Crippen LogP contribution in [0, 0.1) is 5.92 Å². The highest BCUT2D eigenvalue weighted by molar-refractivity contribution is 5.02. The van der Waals surface area contributed by atoms with Gasteiger partial charge >= 0.3 is 0 Å². The molecule has 1 N–H and O–H groups in total. The fourth-order valence-electron chi connectivity index (χ4n) is 4.11. The second-order valence-corrected chi connectivity index (χ2v) is 7.34. The van der Waals surface area contributed by atoms with Crippen molar-refractivity contribution in [1.29, 1.82) is 0 Å². The Hall–Kier alpha value is -0.0800. The lowest BCUT2D eigenvalue weighted by atomic mass is 9.87. The summed E-state index contributed by atoms with van der Waals surface area (Å²) in [6.07, 6.45) is 9.73. The van der Waals surface area contributed by atoms with Gasteiger partial charge in [-0.1, -0.05) is 46.5 Å². The van der Waals surface area contributed by atoms with Crippen molar-refractivity contribution in [3.05, 3.63) is 0 Å². The van der Waals surface area contributed by atoms with Gasteiger partial charge in [0.25, 0.3) is 0 Å². The summed E-state index contributed by atoms with van der Waals surface area (Å²) in [5.41, 5.74) is 0.464. The molecular weight excluding hydrogens is 232 g/mol. The predicted molar refractivity (Wildman–Crippen MR) is 83.5 cm³/mol. The fourth-order valence-corrected chi connectivity index (χ4v) is 4.11. The Morgan fingerprint density at radius 1 is 1.21 bits per heavy atom. The number of nitrogens with one attached hydrogen (secondary N) is 1. The molecule has 0 bridgehead atoms. The molecule has 2 rings (SSSR count). The van der Waals surface area contributed by atoms with Gasteiger partial charge in [-0.05, 0) is 32.1 Å². The maximum absolute atomic E-state index is 3.93. The van der Waals surface area contributed by atoms with Crippen molar-refractivity contribution in [1.82, 2.24) is 10.2 Å². The maximum atomic E-state index is 3.93. The van der Waals surface area contributed by atoms with E-state index in [0.29, 0.717) is 5.54 Å². The molecule has 2 heteroatoms. The smallest absolute Gasteiger partial charge is 0.0309 e. The first-order chi connectivity index (χ1) is 9.08. The second kappa shape index (κ2) is 6.58. The molecule has 0 aromatic carbocycles. The zero-order valence-electron chi connectivity index (χ0n) is 13.5. The fraction of sp³-hybridized carbons (Fsp3) is 1.00. The lowest BCUT2D eigenvalue weighted by Gasteiger charge is -2.50. The van der Waals surface area contributed by atoms with Crippen LogP contribution in [0.4, 0.5) is 0 Å². The summed E-state index contributed by atoms with van der Waals surface area (Å²) in [6.45, 7) is 12.0. The van der Waals surface area contributed by atoms with Crippen molar-refractivity contribution in [3.8, 4) is 0 Å². The molecule has 2 atom stereocenters. The van der Waals surface area contributed by atoms with E-state index in [-0.39, 0.29) is 0 Å². The summed E-state index contributed by atoms with van der Waals surface area (Å²) in [6, 6.07) is 1.49. The molecule has 19 heavy (non-hydrogen) atoms. The molecule has 1 spiro atoms. The van der Waals surface area contributed by atoms with Crippen LogP contribution in [-0.2, 0) is 0 Å². The van der Waals surface area contributed by atoms with E-state index in [9.17, 15) is 0 Å². The van der Waals surface area contributed by atoms with E-state index in [4.69, 9.17) is 0 Å². The highest BCUT2D eigenvalue weighted by Gasteiger charge is 2.42.